The maximum atomic E-state index is 12.3. The molecule has 5 heteroatoms. The number of nitrogens with zero attached hydrogens (tertiary/aromatic N) is 1. The van der Waals surface area contributed by atoms with E-state index >= 15 is 0 Å². The predicted molar refractivity (Wildman–Crippen MR) is 88.6 cm³/mol. The summed E-state index contributed by atoms with van der Waals surface area (Å²) in [6, 6.07) is 6.41. The molecule has 1 fully saturated rings. The van der Waals surface area contributed by atoms with E-state index in [0.717, 1.165) is 11.3 Å². The van der Waals surface area contributed by atoms with Crippen molar-refractivity contribution in [3.05, 3.63) is 24.3 Å². The lowest BCUT2D eigenvalue weighted by atomic mass is 9.87. The third kappa shape index (κ3) is 4.48. The van der Waals surface area contributed by atoms with Gasteiger partial charge in [0.25, 0.3) is 0 Å². The second-order valence-electron chi connectivity index (χ2n) is 5.97. The lowest BCUT2D eigenvalue weighted by molar-refractivity contribution is -0.115. The SMILES string of the molecule is CC(=O)N(C(=O)NCCC1CCCCC1)c1cccc(N)c1. The highest BCUT2D eigenvalue weighted by Gasteiger charge is 2.20. The van der Waals surface area contributed by atoms with Crippen molar-refractivity contribution in [1.29, 1.82) is 0 Å². The molecule has 1 aromatic rings. The molecule has 0 saturated heterocycles. The second kappa shape index (κ2) is 7.82. The van der Waals surface area contributed by atoms with E-state index in [0.29, 0.717) is 23.8 Å². The number of imide groups is 1. The minimum Gasteiger partial charge on any atom is -0.399 e. The molecule has 2 rings (SSSR count). The lowest BCUT2D eigenvalue weighted by Gasteiger charge is -2.23. The van der Waals surface area contributed by atoms with Gasteiger partial charge in [0.1, 0.15) is 0 Å². The molecule has 0 aromatic heterocycles. The fourth-order valence-electron chi connectivity index (χ4n) is 3.04. The summed E-state index contributed by atoms with van der Waals surface area (Å²) in [5.41, 5.74) is 6.75. The van der Waals surface area contributed by atoms with Gasteiger partial charge in [-0.1, -0.05) is 38.2 Å². The maximum Gasteiger partial charge on any atom is 0.328 e. The van der Waals surface area contributed by atoms with Crippen LogP contribution in [0.4, 0.5) is 16.2 Å². The quantitative estimate of drug-likeness (QED) is 0.838. The Bertz CT molecular complexity index is 524. The molecule has 0 unspecified atom stereocenters. The standard InChI is InChI=1S/C17H25N3O2/c1-13(21)20(16-9-5-8-15(18)12-16)17(22)19-11-10-14-6-3-2-4-7-14/h5,8-9,12,14H,2-4,6-7,10-11,18H2,1H3,(H,19,22). The Morgan fingerprint density at radius 2 is 2.00 bits per heavy atom. The van der Waals surface area contributed by atoms with Crippen LogP contribution in [0.25, 0.3) is 0 Å². The highest BCUT2D eigenvalue weighted by Crippen LogP contribution is 2.25. The number of rotatable bonds is 4. The Kier molecular flexibility index (Phi) is 5.81. The number of hydrogen-bond acceptors (Lipinski definition) is 3. The molecule has 3 N–H and O–H groups in total. The molecular weight excluding hydrogens is 278 g/mol. The highest BCUT2D eigenvalue weighted by atomic mass is 16.2. The number of benzene rings is 1. The van der Waals surface area contributed by atoms with E-state index in [2.05, 4.69) is 5.32 Å². The Morgan fingerprint density at radius 1 is 1.27 bits per heavy atom. The number of anilines is 2. The van der Waals surface area contributed by atoms with E-state index in [1.54, 1.807) is 24.3 Å². The average Bonchev–Trinajstić information content (AvgIpc) is 2.48. The van der Waals surface area contributed by atoms with Gasteiger partial charge in [0.2, 0.25) is 5.91 Å². The molecule has 120 valence electrons. The first-order chi connectivity index (χ1) is 10.6. The summed E-state index contributed by atoms with van der Waals surface area (Å²) in [5, 5.41) is 2.85. The predicted octanol–water partition coefficient (Wildman–Crippen LogP) is 3.30. The summed E-state index contributed by atoms with van der Waals surface area (Å²) in [7, 11) is 0. The Morgan fingerprint density at radius 3 is 2.64 bits per heavy atom. The van der Waals surface area contributed by atoms with Crippen molar-refractivity contribution < 1.29 is 9.59 Å². The fraction of sp³-hybridized carbons (Fsp3) is 0.529. The number of nitrogens with one attached hydrogen (secondary N) is 1. The van der Waals surface area contributed by atoms with Crippen LogP contribution in [0.15, 0.2) is 24.3 Å². The van der Waals surface area contributed by atoms with Gasteiger partial charge in [-0.05, 0) is 30.5 Å². The van der Waals surface area contributed by atoms with Crippen LogP contribution in [0.3, 0.4) is 0 Å². The molecule has 0 aliphatic heterocycles. The van der Waals surface area contributed by atoms with E-state index in [4.69, 9.17) is 5.73 Å². The van der Waals surface area contributed by atoms with Gasteiger partial charge in [-0.2, -0.15) is 0 Å². The van der Waals surface area contributed by atoms with E-state index in [1.807, 2.05) is 0 Å². The monoisotopic (exact) mass is 303 g/mol. The van der Waals surface area contributed by atoms with Gasteiger partial charge >= 0.3 is 6.03 Å². The first kappa shape index (κ1) is 16.3. The molecule has 22 heavy (non-hydrogen) atoms. The van der Waals surface area contributed by atoms with Crippen LogP contribution in [0, 0.1) is 5.92 Å². The molecule has 0 heterocycles. The minimum absolute atomic E-state index is 0.319. The molecule has 0 bridgehead atoms. The largest absolute Gasteiger partial charge is 0.399 e. The van der Waals surface area contributed by atoms with Gasteiger partial charge in [-0.3, -0.25) is 4.79 Å². The fourth-order valence-corrected chi connectivity index (χ4v) is 3.04. The van der Waals surface area contributed by atoms with Crippen molar-refractivity contribution in [2.75, 3.05) is 17.2 Å². The molecule has 0 radical (unpaired) electrons. The van der Waals surface area contributed by atoms with Crippen molar-refractivity contribution in [2.24, 2.45) is 5.92 Å². The Balaban J connectivity index is 1.91. The van der Waals surface area contributed by atoms with E-state index in [-0.39, 0.29) is 11.9 Å². The number of urea groups is 1. The third-order valence-corrected chi connectivity index (χ3v) is 4.20. The van der Waals surface area contributed by atoms with Crippen LogP contribution in [0.5, 0.6) is 0 Å². The van der Waals surface area contributed by atoms with Gasteiger partial charge in [-0.15, -0.1) is 0 Å². The first-order valence-electron chi connectivity index (χ1n) is 8.02. The van der Waals surface area contributed by atoms with E-state index in [1.165, 1.54) is 39.0 Å². The van der Waals surface area contributed by atoms with Crippen molar-refractivity contribution in [3.8, 4) is 0 Å². The zero-order chi connectivity index (χ0) is 15.9. The van der Waals surface area contributed by atoms with Crippen LogP contribution in [0.1, 0.15) is 45.4 Å². The summed E-state index contributed by atoms with van der Waals surface area (Å²) >= 11 is 0. The normalized spacial score (nSPS) is 15.3. The van der Waals surface area contributed by atoms with Gasteiger partial charge in [-0.25, -0.2) is 9.69 Å². The molecule has 3 amide bonds. The number of nitrogens with two attached hydrogens (primary N) is 1. The van der Waals surface area contributed by atoms with Crippen molar-refractivity contribution in [1.82, 2.24) is 5.32 Å². The summed E-state index contributed by atoms with van der Waals surface area (Å²) in [6.45, 7) is 1.99. The zero-order valence-corrected chi connectivity index (χ0v) is 13.2. The molecule has 0 atom stereocenters. The number of carbonyl (C=O) groups excluding carboxylic acids is 2. The van der Waals surface area contributed by atoms with Crippen LogP contribution >= 0.6 is 0 Å². The molecule has 1 saturated carbocycles. The highest BCUT2D eigenvalue weighted by molar-refractivity contribution is 6.13. The number of carbonyl (C=O) groups is 2. The molecule has 0 spiro atoms. The van der Waals surface area contributed by atoms with Crippen molar-refractivity contribution in [3.63, 3.8) is 0 Å². The second-order valence-corrected chi connectivity index (χ2v) is 5.97. The summed E-state index contributed by atoms with van der Waals surface area (Å²) in [5.74, 6) is 0.382. The van der Waals surface area contributed by atoms with Crippen molar-refractivity contribution >= 4 is 23.3 Å². The summed E-state index contributed by atoms with van der Waals surface area (Å²) in [4.78, 5) is 25.2. The molecule has 1 aliphatic carbocycles. The van der Waals surface area contributed by atoms with E-state index in [9.17, 15) is 9.59 Å². The number of amides is 3. The Hall–Kier alpha value is -2.04. The zero-order valence-electron chi connectivity index (χ0n) is 13.2. The van der Waals surface area contributed by atoms with Gasteiger partial charge < -0.3 is 11.1 Å². The van der Waals surface area contributed by atoms with Crippen LogP contribution in [0.2, 0.25) is 0 Å². The Labute approximate surface area is 131 Å². The van der Waals surface area contributed by atoms with Crippen LogP contribution < -0.4 is 16.0 Å². The topological polar surface area (TPSA) is 75.4 Å². The smallest absolute Gasteiger partial charge is 0.328 e. The molecule has 1 aliphatic rings. The van der Waals surface area contributed by atoms with Gasteiger partial charge in [0.15, 0.2) is 0 Å². The molecule has 1 aromatic carbocycles. The third-order valence-electron chi connectivity index (χ3n) is 4.20. The number of nitrogen functional groups attached to an aromatic ring is 1. The molecule has 5 nitrogen and oxygen atoms in total. The first-order valence-corrected chi connectivity index (χ1v) is 8.02. The number of hydrogen-bond donors (Lipinski definition) is 2. The minimum atomic E-state index is -0.381. The van der Waals surface area contributed by atoms with Crippen LogP contribution in [-0.2, 0) is 4.79 Å². The summed E-state index contributed by atoms with van der Waals surface area (Å²) in [6.07, 6.45) is 7.40. The van der Waals surface area contributed by atoms with Gasteiger partial charge in [0.05, 0.1) is 5.69 Å². The average molecular weight is 303 g/mol. The van der Waals surface area contributed by atoms with Crippen LogP contribution in [-0.4, -0.2) is 18.5 Å². The summed E-state index contributed by atoms with van der Waals surface area (Å²) < 4.78 is 0. The van der Waals surface area contributed by atoms with Gasteiger partial charge in [0, 0.05) is 19.2 Å². The molecular formula is C17H25N3O2. The lowest BCUT2D eigenvalue weighted by Crippen LogP contribution is -2.43. The maximum absolute atomic E-state index is 12.3. The van der Waals surface area contributed by atoms with Crippen molar-refractivity contribution in [2.45, 2.75) is 45.4 Å². The van der Waals surface area contributed by atoms with E-state index < -0.39 is 0 Å².